The van der Waals surface area contributed by atoms with Crippen molar-refractivity contribution in [2.45, 2.75) is 27.7 Å². The molecular weight excluding hydrogens is 124 g/mol. The Morgan fingerprint density at radius 3 is 1.80 bits per heavy atom. The number of rotatable bonds is 0. The Labute approximate surface area is 62.7 Å². The Balaban J connectivity index is 0. The quantitative estimate of drug-likeness (QED) is 0.459. The molecule has 10 heavy (non-hydrogen) atoms. The van der Waals surface area contributed by atoms with Crippen molar-refractivity contribution in [1.82, 2.24) is 0 Å². The molecule has 0 aromatic heterocycles. The first kappa shape index (κ1) is 11.7. The molecule has 0 saturated carbocycles. The van der Waals surface area contributed by atoms with Gasteiger partial charge < -0.3 is 0 Å². The largest absolute Gasteiger partial charge is 0.235 e. The Morgan fingerprint density at radius 2 is 1.70 bits per heavy atom. The summed E-state index contributed by atoms with van der Waals surface area (Å²) >= 11 is 0. The van der Waals surface area contributed by atoms with Crippen LogP contribution >= 0.6 is 0 Å². The van der Waals surface area contributed by atoms with E-state index < -0.39 is 0 Å². The molecule has 0 aromatic carbocycles. The van der Waals surface area contributed by atoms with Crippen LogP contribution in [0.4, 0.5) is 0 Å². The van der Waals surface area contributed by atoms with Gasteiger partial charge in [-0.25, -0.2) is 4.99 Å². The van der Waals surface area contributed by atoms with Crippen molar-refractivity contribution in [2.24, 2.45) is 9.98 Å². The van der Waals surface area contributed by atoms with E-state index in [2.05, 4.69) is 21.6 Å². The third kappa shape index (κ3) is 10.0. The van der Waals surface area contributed by atoms with Gasteiger partial charge in [0.25, 0.3) is 0 Å². The van der Waals surface area contributed by atoms with Gasteiger partial charge in [-0.3, -0.25) is 0 Å². The molecule has 0 radical (unpaired) electrons. The first-order valence-corrected chi connectivity index (χ1v) is 3.54. The van der Waals surface area contributed by atoms with Gasteiger partial charge in [-0.15, -0.1) is 0 Å². The summed E-state index contributed by atoms with van der Waals surface area (Å²) in [4.78, 5) is 7.08. The highest BCUT2D eigenvalue weighted by atomic mass is 14.8. The van der Waals surface area contributed by atoms with Gasteiger partial charge in [-0.2, -0.15) is 4.99 Å². The Kier molecular flexibility index (Phi) is 18.3. The molecule has 0 spiro atoms. The van der Waals surface area contributed by atoms with Gasteiger partial charge in [0.15, 0.2) is 0 Å². The summed E-state index contributed by atoms with van der Waals surface area (Å²) < 4.78 is 0. The summed E-state index contributed by atoms with van der Waals surface area (Å²) in [5.41, 5.74) is 2.55. The summed E-state index contributed by atoms with van der Waals surface area (Å²) in [5, 5.41) is 0. The van der Waals surface area contributed by atoms with Gasteiger partial charge in [-0.1, -0.05) is 27.7 Å². The first-order valence-electron chi connectivity index (χ1n) is 3.54. The van der Waals surface area contributed by atoms with E-state index in [9.17, 15) is 0 Å². The van der Waals surface area contributed by atoms with E-state index in [0.717, 1.165) is 0 Å². The van der Waals surface area contributed by atoms with Crippen LogP contribution in [-0.4, -0.2) is 12.2 Å². The molecule has 1 rings (SSSR count). The number of nitrogens with zero attached hydrogens (tertiary/aromatic N) is 2. The molecule has 1 aliphatic heterocycles. The third-order valence-electron chi connectivity index (χ3n) is 0.393. The lowest BCUT2D eigenvalue weighted by Crippen LogP contribution is -1.63. The van der Waals surface area contributed by atoms with E-state index in [-0.39, 0.29) is 0 Å². The summed E-state index contributed by atoms with van der Waals surface area (Å²) in [6.07, 6.45) is 2.92. The van der Waals surface area contributed by atoms with Crippen LogP contribution < -0.4 is 0 Å². The lowest BCUT2D eigenvalue weighted by molar-refractivity contribution is 1.50. The van der Waals surface area contributed by atoms with Crippen molar-refractivity contribution in [3.8, 4) is 0 Å². The van der Waals surface area contributed by atoms with Crippen LogP contribution in [0.15, 0.2) is 21.9 Å². The maximum Gasteiger partial charge on any atom is 0.126 e. The SMILES string of the molecule is C1=C=NC=NC=1.CC.CC. The van der Waals surface area contributed by atoms with Crippen LogP contribution in [0.2, 0.25) is 0 Å². The van der Waals surface area contributed by atoms with Crippen LogP contribution in [-0.2, 0) is 0 Å². The minimum atomic E-state index is 1.41. The second kappa shape index (κ2) is 15.7. The fourth-order valence-corrected chi connectivity index (χ4v) is 0.199. The average molecular weight is 138 g/mol. The Morgan fingerprint density at radius 1 is 1.10 bits per heavy atom. The molecule has 1 heterocycles. The zero-order valence-electron chi connectivity index (χ0n) is 7.05. The first-order chi connectivity index (χ1) is 5.00. The van der Waals surface area contributed by atoms with E-state index >= 15 is 0 Å². The molecule has 56 valence electrons. The van der Waals surface area contributed by atoms with Crippen LogP contribution in [0.25, 0.3) is 0 Å². The number of hydrogen-bond donors (Lipinski definition) is 0. The number of hydrogen-bond acceptors (Lipinski definition) is 2. The highest BCUT2D eigenvalue weighted by Crippen LogP contribution is 1.68. The smallest absolute Gasteiger partial charge is 0.126 e. The predicted octanol–water partition coefficient (Wildman–Crippen LogP) is 2.42. The van der Waals surface area contributed by atoms with E-state index in [4.69, 9.17) is 0 Å². The molecule has 0 aromatic rings. The molecule has 0 aliphatic carbocycles. The highest BCUT2D eigenvalue weighted by molar-refractivity contribution is 5.71. The maximum atomic E-state index is 3.59. The monoisotopic (exact) mass is 138 g/mol. The standard InChI is InChI=1S/C4H2N2.2C2H6/c1-2-5-4-6-3-1;2*1-2/h2,4H;2*1-2H3. The van der Waals surface area contributed by atoms with Crippen molar-refractivity contribution in [3.63, 3.8) is 0 Å². The fraction of sp³-hybridized carbons (Fsp3) is 0.500. The molecule has 2 nitrogen and oxygen atoms in total. The topological polar surface area (TPSA) is 24.7 Å². The normalized spacial score (nSPS) is 9.20. The van der Waals surface area contributed by atoms with Crippen molar-refractivity contribution in [3.05, 3.63) is 11.9 Å². The van der Waals surface area contributed by atoms with Crippen LogP contribution in [0.1, 0.15) is 27.7 Å². The summed E-state index contributed by atoms with van der Waals surface area (Å²) in [7, 11) is 0. The molecule has 0 atom stereocenters. The summed E-state index contributed by atoms with van der Waals surface area (Å²) in [5.74, 6) is 2.45. The third-order valence-corrected chi connectivity index (χ3v) is 0.393. The second-order valence-corrected chi connectivity index (χ2v) is 0.779. The van der Waals surface area contributed by atoms with Crippen molar-refractivity contribution in [2.75, 3.05) is 0 Å². The molecule has 0 saturated heterocycles. The maximum absolute atomic E-state index is 3.59. The van der Waals surface area contributed by atoms with E-state index in [1.165, 1.54) is 12.5 Å². The molecule has 0 amide bonds. The van der Waals surface area contributed by atoms with Crippen molar-refractivity contribution < 1.29 is 0 Å². The van der Waals surface area contributed by atoms with Gasteiger partial charge in [0.2, 0.25) is 0 Å². The molecule has 2 heteroatoms. The van der Waals surface area contributed by atoms with E-state index in [1.54, 1.807) is 0 Å². The van der Waals surface area contributed by atoms with Gasteiger partial charge in [0.1, 0.15) is 6.34 Å². The van der Waals surface area contributed by atoms with Gasteiger partial charge in [-0.05, 0) is 5.73 Å². The van der Waals surface area contributed by atoms with Crippen molar-refractivity contribution >= 4 is 12.2 Å². The second-order valence-electron chi connectivity index (χ2n) is 0.779. The molecule has 1 aliphatic rings. The van der Waals surface area contributed by atoms with Crippen LogP contribution in [0.3, 0.4) is 0 Å². The van der Waals surface area contributed by atoms with Gasteiger partial charge in [0, 0.05) is 5.87 Å². The molecule has 0 fully saturated rings. The minimum absolute atomic E-state index is 1.41. The molecule has 0 bridgehead atoms. The number of aliphatic imine (C=N–C) groups is 2. The highest BCUT2D eigenvalue weighted by Gasteiger charge is 1.60. The fourth-order valence-electron chi connectivity index (χ4n) is 0.199. The minimum Gasteiger partial charge on any atom is -0.235 e. The predicted molar refractivity (Wildman–Crippen MR) is 46.7 cm³/mol. The van der Waals surface area contributed by atoms with Crippen LogP contribution in [0.5, 0.6) is 0 Å². The van der Waals surface area contributed by atoms with Crippen molar-refractivity contribution in [1.29, 1.82) is 0 Å². The van der Waals surface area contributed by atoms with E-state index in [0.29, 0.717) is 0 Å². The average Bonchev–Trinajstić information content (AvgIpc) is 2.14. The summed E-state index contributed by atoms with van der Waals surface area (Å²) in [6.45, 7) is 8.00. The Hall–Kier alpha value is -1.10. The summed E-state index contributed by atoms with van der Waals surface area (Å²) in [6, 6.07) is 0. The Bertz CT molecular complexity index is 138. The molecule has 0 N–H and O–H groups in total. The van der Waals surface area contributed by atoms with E-state index in [1.807, 2.05) is 27.7 Å². The van der Waals surface area contributed by atoms with Crippen LogP contribution in [0, 0.1) is 0 Å². The molecule has 0 unspecified atom stereocenters. The molecular formula is C8H14N2. The zero-order valence-corrected chi connectivity index (χ0v) is 7.05. The zero-order chi connectivity index (χ0) is 8.24. The lowest BCUT2D eigenvalue weighted by Gasteiger charge is -1.68. The lowest BCUT2D eigenvalue weighted by atomic mass is 10.8. The van der Waals surface area contributed by atoms with Gasteiger partial charge >= 0.3 is 0 Å². The van der Waals surface area contributed by atoms with Gasteiger partial charge in [0.05, 0.1) is 6.20 Å².